The van der Waals surface area contributed by atoms with E-state index in [0.29, 0.717) is 30.1 Å². The predicted octanol–water partition coefficient (Wildman–Crippen LogP) is 3.28. The summed E-state index contributed by atoms with van der Waals surface area (Å²) in [5, 5.41) is 10.1. The van der Waals surface area contributed by atoms with Crippen LogP contribution in [0.1, 0.15) is 42.9 Å². The van der Waals surface area contributed by atoms with Crippen LogP contribution in [-0.4, -0.2) is 10.4 Å². The monoisotopic (exact) mass is 252 g/mol. The summed E-state index contributed by atoms with van der Waals surface area (Å²) in [4.78, 5) is 11.3. The maximum absolute atomic E-state index is 11.3. The van der Waals surface area contributed by atoms with Crippen LogP contribution in [0, 0.1) is 11.3 Å². The predicted molar refractivity (Wildman–Crippen MR) is 73.9 cm³/mol. The van der Waals surface area contributed by atoms with Crippen molar-refractivity contribution in [3.8, 4) is 6.07 Å². The SMILES string of the molecule is Cn1c(C2CCC(=O)CC2)cc2cc(C#N)ccc21. The first-order valence-corrected chi connectivity index (χ1v) is 6.70. The van der Waals surface area contributed by atoms with Gasteiger partial charge >= 0.3 is 0 Å². The molecular weight excluding hydrogens is 236 g/mol. The summed E-state index contributed by atoms with van der Waals surface area (Å²) in [7, 11) is 2.07. The van der Waals surface area contributed by atoms with Crippen molar-refractivity contribution >= 4 is 16.7 Å². The van der Waals surface area contributed by atoms with Gasteiger partial charge < -0.3 is 4.57 Å². The first kappa shape index (κ1) is 12.0. The van der Waals surface area contributed by atoms with E-state index in [-0.39, 0.29) is 0 Å². The van der Waals surface area contributed by atoms with Crippen LogP contribution in [0.5, 0.6) is 0 Å². The largest absolute Gasteiger partial charge is 0.347 e. The van der Waals surface area contributed by atoms with Crippen LogP contribution in [0.2, 0.25) is 0 Å². The molecule has 0 amide bonds. The molecule has 0 bridgehead atoms. The van der Waals surface area contributed by atoms with E-state index in [1.54, 1.807) is 0 Å². The molecule has 0 spiro atoms. The summed E-state index contributed by atoms with van der Waals surface area (Å²) in [5.74, 6) is 0.863. The third-order valence-electron chi connectivity index (χ3n) is 4.17. The minimum Gasteiger partial charge on any atom is -0.347 e. The number of hydrogen-bond acceptors (Lipinski definition) is 2. The van der Waals surface area contributed by atoms with Gasteiger partial charge in [0.1, 0.15) is 5.78 Å². The van der Waals surface area contributed by atoms with Gasteiger partial charge in [-0.1, -0.05) is 0 Å². The molecule has 19 heavy (non-hydrogen) atoms. The first-order valence-electron chi connectivity index (χ1n) is 6.70. The fourth-order valence-electron chi connectivity index (χ4n) is 3.07. The zero-order valence-electron chi connectivity index (χ0n) is 11.0. The molecule has 1 saturated carbocycles. The zero-order valence-corrected chi connectivity index (χ0v) is 11.0. The van der Waals surface area contributed by atoms with Gasteiger partial charge in [0.2, 0.25) is 0 Å². The molecule has 1 aromatic heterocycles. The fraction of sp³-hybridized carbons (Fsp3) is 0.375. The van der Waals surface area contributed by atoms with Crippen molar-refractivity contribution in [3.05, 3.63) is 35.5 Å². The zero-order chi connectivity index (χ0) is 13.4. The average Bonchev–Trinajstić information content (AvgIpc) is 2.76. The molecule has 2 aromatic rings. The Morgan fingerprint density at radius 1 is 1.26 bits per heavy atom. The second kappa shape index (κ2) is 4.55. The Morgan fingerprint density at radius 2 is 2.00 bits per heavy atom. The highest BCUT2D eigenvalue weighted by molar-refractivity contribution is 5.83. The van der Waals surface area contributed by atoms with E-state index in [4.69, 9.17) is 5.26 Å². The summed E-state index contributed by atoms with van der Waals surface area (Å²) >= 11 is 0. The summed E-state index contributed by atoms with van der Waals surface area (Å²) in [6.07, 6.45) is 3.31. The average molecular weight is 252 g/mol. The number of ketones is 1. The van der Waals surface area contributed by atoms with Gasteiger partial charge in [-0.05, 0) is 37.1 Å². The van der Waals surface area contributed by atoms with Crippen molar-refractivity contribution in [2.45, 2.75) is 31.6 Å². The molecule has 1 aliphatic rings. The molecule has 0 unspecified atom stereocenters. The number of benzene rings is 1. The van der Waals surface area contributed by atoms with Gasteiger partial charge in [0, 0.05) is 42.4 Å². The molecule has 1 aromatic carbocycles. The number of aryl methyl sites for hydroxylation is 1. The van der Waals surface area contributed by atoms with Gasteiger partial charge in [-0.15, -0.1) is 0 Å². The van der Waals surface area contributed by atoms with E-state index in [1.807, 2.05) is 18.2 Å². The molecule has 0 saturated heterocycles. The van der Waals surface area contributed by atoms with Gasteiger partial charge in [-0.2, -0.15) is 5.26 Å². The van der Waals surface area contributed by atoms with Gasteiger partial charge in [0.05, 0.1) is 11.6 Å². The maximum atomic E-state index is 11.3. The summed E-state index contributed by atoms with van der Waals surface area (Å²) in [6, 6.07) is 10.2. The Morgan fingerprint density at radius 3 is 2.68 bits per heavy atom. The van der Waals surface area contributed by atoms with Gasteiger partial charge in [0.25, 0.3) is 0 Å². The van der Waals surface area contributed by atoms with Gasteiger partial charge in [-0.3, -0.25) is 4.79 Å². The Balaban J connectivity index is 2.02. The van der Waals surface area contributed by atoms with Crippen molar-refractivity contribution in [1.29, 1.82) is 5.26 Å². The number of carbonyl (C=O) groups is 1. The van der Waals surface area contributed by atoms with Crippen molar-refractivity contribution in [3.63, 3.8) is 0 Å². The standard InChI is InChI=1S/C16H16N2O/c1-18-15-7-2-11(10-17)8-13(15)9-16(18)12-3-5-14(19)6-4-12/h2,7-9,12H,3-6H2,1H3. The molecule has 0 aliphatic heterocycles. The van der Waals surface area contributed by atoms with Crippen molar-refractivity contribution < 1.29 is 4.79 Å². The Kier molecular flexibility index (Phi) is 2.87. The molecule has 0 atom stereocenters. The molecule has 3 heteroatoms. The molecule has 1 heterocycles. The molecule has 3 nitrogen and oxygen atoms in total. The maximum Gasteiger partial charge on any atom is 0.132 e. The van der Waals surface area contributed by atoms with Crippen molar-refractivity contribution in [1.82, 2.24) is 4.57 Å². The Hall–Kier alpha value is -2.08. The normalized spacial score (nSPS) is 16.7. The third-order valence-corrected chi connectivity index (χ3v) is 4.17. The lowest BCUT2D eigenvalue weighted by Gasteiger charge is -2.21. The number of hydrogen-bond donors (Lipinski definition) is 0. The van der Waals surface area contributed by atoms with Crippen molar-refractivity contribution in [2.24, 2.45) is 7.05 Å². The second-order valence-electron chi connectivity index (χ2n) is 5.33. The van der Waals surface area contributed by atoms with Crippen molar-refractivity contribution in [2.75, 3.05) is 0 Å². The van der Waals surface area contributed by atoms with Crippen LogP contribution in [0.25, 0.3) is 10.9 Å². The molecule has 1 aliphatic carbocycles. The molecule has 1 fully saturated rings. The Bertz CT molecular complexity index is 681. The lowest BCUT2D eigenvalue weighted by molar-refractivity contribution is -0.120. The van der Waals surface area contributed by atoms with Crippen LogP contribution in [-0.2, 0) is 11.8 Å². The molecule has 0 N–H and O–H groups in total. The number of Topliss-reactive ketones (excluding diaryl/α,β-unsaturated/α-hetero) is 1. The van der Waals surface area contributed by atoms with E-state index >= 15 is 0 Å². The highest BCUT2D eigenvalue weighted by atomic mass is 16.1. The molecule has 96 valence electrons. The smallest absolute Gasteiger partial charge is 0.132 e. The van der Waals surface area contributed by atoms with E-state index in [2.05, 4.69) is 23.8 Å². The van der Waals surface area contributed by atoms with E-state index < -0.39 is 0 Å². The molecule has 0 radical (unpaired) electrons. The highest BCUT2D eigenvalue weighted by Gasteiger charge is 2.23. The number of nitriles is 1. The minimum atomic E-state index is 0.391. The lowest BCUT2D eigenvalue weighted by atomic mass is 9.86. The quantitative estimate of drug-likeness (QED) is 0.782. The topological polar surface area (TPSA) is 45.8 Å². The molecule has 3 rings (SSSR count). The van der Waals surface area contributed by atoms with E-state index in [9.17, 15) is 4.79 Å². The number of nitrogens with zero attached hydrogens (tertiary/aromatic N) is 2. The van der Waals surface area contributed by atoms with Crippen LogP contribution in [0.3, 0.4) is 0 Å². The van der Waals surface area contributed by atoms with Crippen LogP contribution >= 0.6 is 0 Å². The lowest BCUT2D eigenvalue weighted by Crippen LogP contribution is -2.14. The number of carbonyl (C=O) groups excluding carboxylic acids is 1. The number of aromatic nitrogens is 1. The van der Waals surface area contributed by atoms with Gasteiger partial charge in [0.15, 0.2) is 0 Å². The van der Waals surface area contributed by atoms with Crippen LogP contribution in [0.4, 0.5) is 0 Å². The Labute approximate surface area is 112 Å². The third kappa shape index (κ3) is 2.04. The van der Waals surface area contributed by atoms with Gasteiger partial charge in [-0.25, -0.2) is 0 Å². The fourth-order valence-corrected chi connectivity index (χ4v) is 3.07. The second-order valence-corrected chi connectivity index (χ2v) is 5.33. The van der Waals surface area contributed by atoms with Crippen LogP contribution in [0.15, 0.2) is 24.3 Å². The minimum absolute atomic E-state index is 0.391. The summed E-state index contributed by atoms with van der Waals surface area (Å²) in [6.45, 7) is 0. The van der Waals surface area contributed by atoms with E-state index in [1.165, 1.54) is 5.69 Å². The first-order chi connectivity index (χ1) is 9.19. The highest BCUT2D eigenvalue weighted by Crippen LogP contribution is 2.34. The van der Waals surface area contributed by atoms with E-state index in [0.717, 1.165) is 23.7 Å². The van der Waals surface area contributed by atoms with Crippen LogP contribution < -0.4 is 0 Å². The number of rotatable bonds is 1. The molecular formula is C16H16N2O. The number of fused-ring (bicyclic) bond motifs is 1. The summed E-state index contributed by atoms with van der Waals surface area (Å²) in [5.41, 5.74) is 3.15. The summed E-state index contributed by atoms with van der Waals surface area (Å²) < 4.78 is 2.21.